The molecule has 0 aromatic rings. The van der Waals surface area contributed by atoms with Gasteiger partial charge in [0, 0.05) is 18.6 Å². The lowest BCUT2D eigenvalue weighted by atomic mass is 9.84. The first kappa shape index (κ1) is 43.2. The van der Waals surface area contributed by atoms with Crippen molar-refractivity contribution in [3.05, 3.63) is 0 Å². The third-order valence-electron chi connectivity index (χ3n) is 10.4. The van der Waals surface area contributed by atoms with Gasteiger partial charge in [-0.15, -0.1) is 0 Å². The maximum Gasteiger partial charge on any atom is 0.187 e. The van der Waals surface area contributed by atoms with Gasteiger partial charge < -0.3 is 123 Å². The quantitative estimate of drug-likeness (QED) is 0.0874. The molecular formula is C29H55N5O19. The van der Waals surface area contributed by atoms with Gasteiger partial charge in [-0.05, 0) is 6.42 Å². The Kier molecular flexibility index (Phi) is 14.7. The maximum absolute atomic E-state index is 11.3. The summed E-state index contributed by atoms with van der Waals surface area (Å²) in [6.45, 7) is -2.48. The highest BCUT2D eigenvalue weighted by atomic mass is 16.8. The van der Waals surface area contributed by atoms with Crippen LogP contribution < -0.4 is 28.7 Å². The topological polar surface area (TPSA) is 426 Å². The first-order chi connectivity index (χ1) is 25.1. The summed E-state index contributed by atoms with van der Waals surface area (Å²) >= 11 is 0. The van der Waals surface area contributed by atoms with E-state index in [1.54, 1.807) is 0 Å². The second kappa shape index (κ2) is 18.1. The van der Waals surface area contributed by atoms with E-state index >= 15 is 0 Å². The Hall–Kier alpha value is -0.960. The first-order valence-corrected chi connectivity index (χ1v) is 17.3. The number of aliphatic hydroxyl groups is 11. The summed E-state index contributed by atoms with van der Waals surface area (Å²) in [6, 6.07) is -4.73. The molecule has 4 saturated heterocycles. The van der Waals surface area contributed by atoms with E-state index in [-0.39, 0.29) is 13.0 Å². The molecule has 0 bridgehead atoms. The summed E-state index contributed by atoms with van der Waals surface area (Å²) in [4.78, 5) is 0. The fourth-order valence-corrected chi connectivity index (χ4v) is 7.19. The number of hydrogen-bond donors (Lipinski definition) is 16. The van der Waals surface area contributed by atoms with Gasteiger partial charge in [-0.2, -0.15) is 0 Å². The second-order valence-electron chi connectivity index (χ2n) is 14.0. The van der Waals surface area contributed by atoms with Crippen molar-refractivity contribution in [2.75, 3.05) is 26.4 Å². The number of aliphatic hydroxyl groups excluding tert-OH is 11. The average Bonchev–Trinajstić information content (AvgIpc) is 3.44. The van der Waals surface area contributed by atoms with Gasteiger partial charge in [0.25, 0.3) is 0 Å². The minimum absolute atomic E-state index is 0.0189. The summed E-state index contributed by atoms with van der Waals surface area (Å²) in [7, 11) is 0. The van der Waals surface area contributed by atoms with E-state index in [1.165, 1.54) is 0 Å². The Morgan fingerprint density at radius 3 is 1.43 bits per heavy atom. The van der Waals surface area contributed by atoms with Crippen molar-refractivity contribution in [2.24, 2.45) is 28.7 Å². The highest BCUT2D eigenvalue weighted by Crippen LogP contribution is 2.35. The van der Waals surface area contributed by atoms with Gasteiger partial charge in [0.1, 0.15) is 91.6 Å². The molecular weight excluding hydrogens is 722 g/mol. The molecule has 5 aliphatic rings. The third-order valence-corrected chi connectivity index (χ3v) is 10.4. The zero-order valence-corrected chi connectivity index (χ0v) is 28.5. The van der Waals surface area contributed by atoms with Gasteiger partial charge in [0.2, 0.25) is 0 Å². The summed E-state index contributed by atoms with van der Waals surface area (Å²) in [5.74, 6) is 0. The van der Waals surface area contributed by atoms with Crippen LogP contribution >= 0.6 is 0 Å². The van der Waals surface area contributed by atoms with Crippen molar-refractivity contribution in [1.29, 1.82) is 0 Å². The minimum atomic E-state index is -1.84. The number of rotatable bonds is 12. The predicted molar refractivity (Wildman–Crippen MR) is 169 cm³/mol. The molecule has 24 atom stereocenters. The number of nitrogens with two attached hydrogens (primary N) is 5. The normalized spacial score (nSPS) is 53.9. The predicted octanol–water partition coefficient (Wildman–Crippen LogP) is -11.0. The van der Waals surface area contributed by atoms with Gasteiger partial charge in [0.15, 0.2) is 25.2 Å². The Morgan fingerprint density at radius 1 is 0.415 bits per heavy atom. The second-order valence-corrected chi connectivity index (χ2v) is 14.0. The third kappa shape index (κ3) is 8.66. The highest BCUT2D eigenvalue weighted by Gasteiger charge is 2.55. The zero-order valence-electron chi connectivity index (χ0n) is 28.5. The van der Waals surface area contributed by atoms with Crippen molar-refractivity contribution < 1.29 is 94.1 Å². The van der Waals surface area contributed by atoms with E-state index in [4.69, 9.17) is 66.6 Å². The van der Waals surface area contributed by atoms with Crippen LogP contribution in [0.2, 0.25) is 0 Å². The molecule has 24 heteroatoms. The monoisotopic (exact) mass is 777 g/mol. The molecule has 5 fully saturated rings. The lowest BCUT2D eigenvalue weighted by Crippen LogP contribution is -2.69. The van der Waals surface area contributed by atoms with Crippen LogP contribution in [0.5, 0.6) is 0 Å². The standard InChI is InChI=1S/C29H55N5O19/c30-2-8-15(39)17(41)12(33)26(46-8)51-24-11(5-37)49-29(21(24)45)53-25-14(38)6(31)1-7(32)22(25)50-27-13(34)18(42)23(10(4-36)48-27)52-28-20(44)19(43)16(40)9(3-35)47-28/h6-29,35-45H,1-5,30-34H2/t6-,7+,8+,9-,10-,11-,12-,13-,14+,15-,16-,17-,18-,19+,20+,21-,22-,23-,24-,25-,26-,27-,28+,29+/m1/s1. The minimum Gasteiger partial charge on any atom is -0.394 e. The van der Waals surface area contributed by atoms with E-state index in [1.807, 2.05) is 0 Å². The van der Waals surface area contributed by atoms with Gasteiger partial charge in [-0.1, -0.05) is 0 Å². The van der Waals surface area contributed by atoms with Crippen LogP contribution in [-0.2, 0) is 37.9 Å². The summed E-state index contributed by atoms with van der Waals surface area (Å²) in [5, 5.41) is 115. The molecule has 1 aliphatic carbocycles. The van der Waals surface area contributed by atoms with Crippen LogP contribution in [-0.4, -0.2) is 230 Å². The summed E-state index contributed by atoms with van der Waals surface area (Å²) < 4.78 is 46.0. The molecule has 0 spiro atoms. The van der Waals surface area contributed by atoms with E-state index in [0.29, 0.717) is 0 Å². The average molecular weight is 778 g/mol. The maximum atomic E-state index is 11.3. The van der Waals surface area contributed by atoms with Gasteiger partial charge in [-0.25, -0.2) is 0 Å². The molecule has 0 aromatic heterocycles. The molecule has 4 heterocycles. The Balaban J connectivity index is 1.29. The largest absolute Gasteiger partial charge is 0.394 e. The molecule has 24 nitrogen and oxygen atoms in total. The van der Waals surface area contributed by atoms with E-state index in [2.05, 4.69) is 0 Å². The van der Waals surface area contributed by atoms with Crippen molar-refractivity contribution in [1.82, 2.24) is 0 Å². The SMILES string of the molecule is NC[C@@H]1O[C@H](O[C@H]2[C@@H](O)[C@H](O[C@@H]3[C@@H](O)[C@H](N)C[C@H](N)[C@H]3O[C@H]3O[C@H](CO)[C@@H](O[C@@H]4O[C@H](CO)[C@@H](O)[C@H](O)[C@@H]4O)[C@H](O)[C@H]3N)O[C@@H]2CO)[C@H](N)[C@@H](O)[C@@H]1O. The number of hydrogen-bond acceptors (Lipinski definition) is 24. The molecule has 4 aliphatic heterocycles. The van der Waals surface area contributed by atoms with Crippen molar-refractivity contribution >= 4 is 0 Å². The summed E-state index contributed by atoms with van der Waals surface area (Å²) in [5.41, 5.74) is 30.4. The fraction of sp³-hybridized carbons (Fsp3) is 1.00. The van der Waals surface area contributed by atoms with Gasteiger partial charge in [-0.3, -0.25) is 0 Å². The fourth-order valence-electron chi connectivity index (χ4n) is 7.19. The van der Waals surface area contributed by atoms with Crippen LogP contribution in [0.4, 0.5) is 0 Å². The molecule has 0 unspecified atom stereocenters. The zero-order chi connectivity index (χ0) is 39.0. The van der Waals surface area contributed by atoms with Crippen LogP contribution in [0.3, 0.4) is 0 Å². The lowest BCUT2D eigenvalue weighted by Gasteiger charge is -2.49. The number of ether oxygens (including phenoxy) is 8. The Morgan fingerprint density at radius 2 is 0.849 bits per heavy atom. The van der Waals surface area contributed by atoms with Crippen molar-refractivity contribution in [2.45, 2.75) is 153 Å². The van der Waals surface area contributed by atoms with Crippen LogP contribution in [0.15, 0.2) is 0 Å². The molecule has 21 N–H and O–H groups in total. The molecule has 310 valence electrons. The Bertz CT molecular complexity index is 1150. The van der Waals surface area contributed by atoms with Crippen LogP contribution in [0.25, 0.3) is 0 Å². The molecule has 0 amide bonds. The molecule has 1 saturated carbocycles. The van der Waals surface area contributed by atoms with Crippen LogP contribution in [0.1, 0.15) is 6.42 Å². The lowest BCUT2D eigenvalue weighted by molar-refractivity contribution is -0.355. The molecule has 0 radical (unpaired) electrons. The molecule has 0 aromatic carbocycles. The highest BCUT2D eigenvalue weighted by molar-refractivity contribution is 5.02. The Labute approximate surface area is 302 Å². The van der Waals surface area contributed by atoms with E-state index < -0.39 is 167 Å². The van der Waals surface area contributed by atoms with Crippen LogP contribution in [0, 0.1) is 0 Å². The smallest absolute Gasteiger partial charge is 0.187 e. The van der Waals surface area contributed by atoms with E-state index in [0.717, 1.165) is 0 Å². The van der Waals surface area contributed by atoms with Crippen molar-refractivity contribution in [3.8, 4) is 0 Å². The van der Waals surface area contributed by atoms with Crippen molar-refractivity contribution in [3.63, 3.8) is 0 Å². The van der Waals surface area contributed by atoms with Gasteiger partial charge >= 0.3 is 0 Å². The summed E-state index contributed by atoms with van der Waals surface area (Å²) in [6.07, 6.45) is -30.3. The molecule has 53 heavy (non-hydrogen) atoms. The van der Waals surface area contributed by atoms with Gasteiger partial charge in [0.05, 0.1) is 38.0 Å². The first-order valence-electron chi connectivity index (χ1n) is 17.3. The van der Waals surface area contributed by atoms with E-state index in [9.17, 15) is 56.2 Å². The molecule has 5 rings (SSSR count).